The van der Waals surface area contributed by atoms with Gasteiger partial charge in [-0.15, -0.1) is 0 Å². The smallest absolute Gasteiger partial charge is 0.173 e. The van der Waals surface area contributed by atoms with Crippen molar-refractivity contribution >= 4 is 32.5 Å². The minimum atomic E-state index is 0. The molecule has 0 saturated heterocycles. The van der Waals surface area contributed by atoms with Crippen molar-refractivity contribution in [3.63, 3.8) is 0 Å². The van der Waals surface area contributed by atoms with Crippen LogP contribution in [0.1, 0.15) is 17.8 Å². The topological polar surface area (TPSA) is 17.1 Å². The number of Topliss-reactive ketones (excluding diaryl/α,β-unsaturated/α-hetero) is 1. The molecule has 2 rings (SSSR count). The number of ketones is 1. The molecule has 0 heterocycles. The molecule has 15 heavy (non-hydrogen) atoms. The molecule has 0 fully saturated rings. The second kappa shape index (κ2) is 5.08. The van der Waals surface area contributed by atoms with E-state index >= 15 is 0 Å². The molecule has 0 radical (unpaired) electrons. The van der Waals surface area contributed by atoms with Gasteiger partial charge in [-0.1, -0.05) is 65.8 Å². The van der Waals surface area contributed by atoms with Gasteiger partial charge in [-0.3, -0.25) is 4.79 Å². The zero-order valence-corrected chi connectivity index (χ0v) is 9.12. The largest absolute Gasteiger partial charge is 0.293 e. The molecule has 2 aromatic carbocycles. The van der Waals surface area contributed by atoms with Crippen LogP contribution < -0.4 is 0 Å². The molecule has 2 aromatic rings. The summed E-state index contributed by atoms with van der Waals surface area (Å²) in [7, 11) is 0. The summed E-state index contributed by atoms with van der Waals surface area (Å²) in [6.07, 6.45) is 0. The first-order chi connectivity index (χ1) is 6.83. The first kappa shape index (κ1) is 11.9. The Balaban J connectivity index is 0.00000112. The molecule has 0 aliphatic carbocycles. The fourth-order valence-electron chi connectivity index (χ4n) is 1.54. The van der Waals surface area contributed by atoms with E-state index in [2.05, 4.69) is 15.9 Å². The van der Waals surface area contributed by atoms with Gasteiger partial charge in [0.15, 0.2) is 5.78 Å². The maximum atomic E-state index is 11.6. The first-order valence-corrected chi connectivity index (χ1v) is 5.52. The van der Waals surface area contributed by atoms with E-state index in [0.29, 0.717) is 5.33 Å². The molecule has 0 spiro atoms. The van der Waals surface area contributed by atoms with Crippen molar-refractivity contribution in [3.05, 3.63) is 48.0 Å². The van der Waals surface area contributed by atoms with Crippen molar-refractivity contribution < 1.29 is 4.79 Å². The number of hydrogen-bond donors (Lipinski definition) is 0. The quantitative estimate of drug-likeness (QED) is 0.591. The third kappa shape index (κ3) is 2.26. The number of alkyl halides is 1. The summed E-state index contributed by atoms with van der Waals surface area (Å²) in [6.45, 7) is 0. The molecule has 2 heteroatoms. The normalized spacial score (nSPS) is 9.67. The second-order valence-corrected chi connectivity index (χ2v) is 3.64. The molecule has 0 atom stereocenters. The number of hydrogen-bond acceptors (Lipinski definition) is 1. The number of carbonyl (C=O) groups is 1. The van der Waals surface area contributed by atoms with Crippen molar-refractivity contribution in [2.24, 2.45) is 0 Å². The van der Waals surface area contributed by atoms with Crippen molar-refractivity contribution in [1.29, 1.82) is 0 Å². The van der Waals surface area contributed by atoms with Crippen molar-refractivity contribution in [2.75, 3.05) is 5.33 Å². The summed E-state index contributed by atoms with van der Waals surface area (Å²) in [5.74, 6) is 0.127. The van der Waals surface area contributed by atoms with Crippen molar-refractivity contribution in [3.8, 4) is 0 Å². The molecule has 1 nitrogen and oxygen atoms in total. The Morgan fingerprint density at radius 2 is 1.73 bits per heavy atom. The monoisotopic (exact) mass is 264 g/mol. The van der Waals surface area contributed by atoms with Crippen LogP contribution in [0.5, 0.6) is 0 Å². The van der Waals surface area contributed by atoms with Gasteiger partial charge in [0, 0.05) is 5.56 Å². The second-order valence-electron chi connectivity index (χ2n) is 3.08. The molecule has 0 saturated carbocycles. The van der Waals surface area contributed by atoms with Crippen LogP contribution in [-0.2, 0) is 0 Å². The van der Waals surface area contributed by atoms with Gasteiger partial charge in [0.25, 0.3) is 0 Å². The SMILES string of the molecule is C.O=C(CBr)c1cccc2ccccc12. The molecule has 0 bridgehead atoms. The highest BCUT2D eigenvalue weighted by Gasteiger charge is 2.06. The highest BCUT2D eigenvalue weighted by atomic mass is 79.9. The van der Waals surface area contributed by atoms with E-state index in [1.165, 1.54) is 0 Å². The Morgan fingerprint density at radius 1 is 1.07 bits per heavy atom. The van der Waals surface area contributed by atoms with Crippen LogP contribution in [0.15, 0.2) is 42.5 Å². The van der Waals surface area contributed by atoms with E-state index < -0.39 is 0 Å². The summed E-state index contributed by atoms with van der Waals surface area (Å²) >= 11 is 3.19. The minimum Gasteiger partial charge on any atom is -0.293 e. The van der Waals surface area contributed by atoms with E-state index in [0.717, 1.165) is 16.3 Å². The lowest BCUT2D eigenvalue weighted by molar-refractivity contribution is 0.102. The lowest BCUT2D eigenvalue weighted by Gasteiger charge is -2.02. The molecular formula is C13H13BrO. The van der Waals surface area contributed by atoms with E-state index in [-0.39, 0.29) is 13.2 Å². The van der Waals surface area contributed by atoms with Gasteiger partial charge in [0.1, 0.15) is 0 Å². The van der Waals surface area contributed by atoms with E-state index in [9.17, 15) is 4.79 Å². The third-order valence-corrected chi connectivity index (χ3v) is 2.72. The number of halogens is 1. The summed E-state index contributed by atoms with van der Waals surface area (Å²) in [4.78, 5) is 11.6. The van der Waals surface area contributed by atoms with Gasteiger partial charge in [-0.05, 0) is 10.8 Å². The van der Waals surface area contributed by atoms with E-state index in [4.69, 9.17) is 0 Å². The van der Waals surface area contributed by atoms with Crippen molar-refractivity contribution in [2.45, 2.75) is 7.43 Å². The van der Waals surface area contributed by atoms with Crippen LogP contribution in [0.2, 0.25) is 0 Å². The standard InChI is InChI=1S/C12H9BrO.CH4/c13-8-12(14)11-7-3-5-9-4-1-2-6-10(9)11;/h1-7H,8H2;1H4. The zero-order chi connectivity index (χ0) is 9.97. The maximum absolute atomic E-state index is 11.6. The van der Waals surface area contributed by atoms with Crippen LogP contribution in [0, 0.1) is 0 Å². The molecule has 0 aromatic heterocycles. The summed E-state index contributed by atoms with van der Waals surface area (Å²) in [5.41, 5.74) is 0.792. The van der Waals surface area contributed by atoms with Gasteiger partial charge in [-0.2, -0.15) is 0 Å². The molecule has 0 aliphatic rings. The lowest BCUT2D eigenvalue weighted by Crippen LogP contribution is -2.00. The lowest BCUT2D eigenvalue weighted by atomic mass is 10.0. The van der Waals surface area contributed by atoms with Gasteiger partial charge < -0.3 is 0 Å². The maximum Gasteiger partial charge on any atom is 0.173 e. The molecular weight excluding hydrogens is 252 g/mol. The van der Waals surface area contributed by atoms with Crippen LogP contribution >= 0.6 is 15.9 Å². The fourth-order valence-corrected chi connectivity index (χ4v) is 1.84. The van der Waals surface area contributed by atoms with Crippen molar-refractivity contribution in [1.82, 2.24) is 0 Å². The Kier molecular flexibility index (Phi) is 4.04. The predicted molar refractivity (Wildman–Crippen MR) is 68.8 cm³/mol. The minimum absolute atomic E-state index is 0. The molecule has 0 N–H and O–H groups in total. The van der Waals surface area contributed by atoms with Gasteiger partial charge in [0.05, 0.1) is 5.33 Å². The number of rotatable bonds is 2. The highest BCUT2D eigenvalue weighted by molar-refractivity contribution is 9.09. The predicted octanol–water partition coefficient (Wildman–Crippen LogP) is 4.05. The molecule has 0 amide bonds. The Bertz CT molecular complexity index is 471. The van der Waals surface area contributed by atoms with E-state index in [1.807, 2.05) is 42.5 Å². The molecule has 0 aliphatic heterocycles. The Labute approximate surface area is 98.2 Å². The number of carbonyl (C=O) groups excluding carboxylic acids is 1. The zero-order valence-electron chi connectivity index (χ0n) is 7.53. The van der Waals surface area contributed by atoms with Gasteiger partial charge >= 0.3 is 0 Å². The highest BCUT2D eigenvalue weighted by Crippen LogP contribution is 2.19. The Morgan fingerprint density at radius 3 is 2.47 bits per heavy atom. The van der Waals surface area contributed by atoms with Crippen LogP contribution in [-0.4, -0.2) is 11.1 Å². The van der Waals surface area contributed by atoms with Crippen LogP contribution in [0.25, 0.3) is 10.8 Å². The number of fused-ring (bicyclic) bond motifs is 1. The average molecular weight is 265 g/mol. The van der Waals surface area contributed by atoms with Crippen LogP contribution in [0.3, 0.4) is 0 Å². The molecule has 78 valence electrons. The number of benzene rings is 2. The van der Waals surface area contributed by atoms with Crippen LogP contribution in [0.4, 0.5) is 0 Å². The van der Waals surface area contributed by atoms with E-state index in [1.54, 1.807) is 0 Å². The summed E-state index contributed by atoms with van der Waals surface area (Å²) in [5, 5.41) is 2.51. The summed E-state index contributed by atoms with van der Waals surface area (Å²) in [6, 6.07) is 13.7. The Hall–Kier alpha value is -1.15. The first-order valence-electron chi connectivity index (χ1n) is 4.40. The average Bonchev–Trinajstić information content (AvgIpc) is 2.27. The fraction of sp³-hybridized carbons (Fsp3) is 0.154. The van der Waals surface area contributed by atoms with Gasteiger partial charge in [0.2, 0.25) is 0 Å². The molecule has 0 unspecified atom stereocenters. The van der Waals surface area contributed by atoms with Gasteiger partial charge in [-0.25, -0.2) is 0 Å². The summed E-state index contributed by atoms with van der Waals surface area (Å²) < 4.78 is 0. The third-order valence-electron chi connectivity index (χ3n) is 2.21.